The summed E-state index contributed by atoms with van der Waals surface area (Å²) in [6, 6.07) is 7.67. The van der Waals surface area contributed by atoms with Gasteiger partial charge in [0.15, 0.2) is 0 Å². The number of methoxy groups -OCH3 is 1. The lowest BCUT2D eigenvalue weighted by molar-refractivity contribution is 0.0287. The van der Waals surface area contributed by atoms with E-state index < -0.39 is 0 Å². The number of fused-ring (bicyclic) bond motifs is 2. The van der Waals surface area contributed by atoms with Crippen LogP contribution in [-0.4, -0.2) is 41.2 Å². The average molecular weight is 261 g/mol. The third kappa shape index (κ3) is 2.21. The predicted octanol–water partition coefficient (Wildman–Crippen LogP) is 1.82. The molecular formula is C15H19NO3. The maximum atomic E-state index is 12.6. The Balaban J connectivity index is 1.80. The van der Waals surface area contributed by atoms with E-state index in [-0.39, 0.29) is 24.1 Å². The molecule has 19 heavy (non-hydrogen) atoms. The number of aliphatic hydroxyl groups excluding tert-OH is 1. The van der Waals surface area contributed by atoms with Gasteiger partial charge in [0.2, 0.25) is 0 Å². The van der Waals surface area contributed by atoms with Crippen LogP contribution in [0.5, 0.6) is 5.75 Å². The van der Waals surface area contributed by atoms with Crippen molar-refractivity contribution in [2.45, 2.75) is 43.9 Å². The summed E-state index contributed by atoms with van der Waals surface area (Å²) in [5.41, 5.74) is 0.703. The number of piperidine rings is 1. The van der Waals surface area contributed by atoms with Crippen molar-refractivity contribution in [1.82, 2.24) is 4.90 Å². The lowest BCUT2D eigenvalue weighted by Crippen LogP contribution is -2.47. The van der Waals surface area contributed by atoms with Gasteiger partial charge in [-0.1, -0.05) is 0 Å². The van der Waals surface area contributed by atoms with Crippen molar-refractivity contribution in [3.05, 3.63) is 29.8 Å². The third-order valence-corrected chi connectivity index (χ3v) is 4.28. The van der Waals surface area contributed by atoms with Crippen molar-refractivity contribution in [2.24, 2.45) is 0 Å². The van der Waals surface area contributed by atoms with E-state index in [4.69, 9.17) is 4.74 Å². The first-order valence-corrected chi connectivity index (χ1v) is 6.84. The van der Waals surface area contributed by atoms with Crippen molar-refractivity contribution in [3.63, 3.8) is 0 Å². The molecule has 1 N–H and O–H groups in total. The molecular weight excluding hydrogens is 242 g/mol. The summed E-state index contributed by atoms with van der Waals surface area (Å²) >= 11 is 0. The van der Waals surface area contributed by atoms with Gasteiger partial charge in [0, 0.05) is 17.6 Å². The van der Waals surface area contributed by atoms with Crippen LogP contribution in [0.1, 0.15) is 36.0 Å². The second-order valence-electron chi connectivity index (χ2n) is 5.45. The molecule has 2 heterocycles. The van der Waals surface area contributed by atoms with Crippen LogP contribution < -0.4 is 4.74 Å². The second-order valence-corrected chi connectivity index (χ2v) is 5.45. The van der Waals surface area contributed by atoms with E-state index in [1.165, 1.54) is 0 Å². The first-order chi connectivity index (χ1) is 9.19. The fourth-order valence-corrected chi connectivity index (χ4v) is 3.36. The van der Waals surface area contributed by atoms with Gasteiger partial charge < -0.3 is 14.7 Å². The molecule has 2 bridgehead atoms. The summed E-state index contributed by atoms with van der Waals surface area (Å²) in [4.78, 5) is 14.6. The number of hydrogen-bond donors (Lipinski definition) is 1. The van der Waals surface area contributed by atoms with Crippen LogP contribution in [0.3, 0.4) is 0 Å². The Hall–Kier alpha value is -1.55. The highest BCUT2D eigenvalue weighted by Gasteiger charge is 2.42. The molecule has 0 saturated carbocycles. The Labute approximate surface area is 113 Å². The van der Waals surface area contributed by atoms with Crippen LogP contribution >= 0.6 is 0 Å². The first-order valence-electron chi connectivity index (χ1n) is 6.84. The van der Waals surface area contributed by atoms with Crippen molar-refractivity contribution >= 4 is 5.91 Å². The average Bonchev–Trinajstić information content (AvgIpc) is 2.70. The lowest BCUT2D eigenvalue weighted by atomic mass is 9.98. The largest absolute Gasteiger partial charge is 0.497 e. The van der Waals surface area contributed by atoms with Gasteiger partial charge >= 0.3 is 0 Å². The number of aliphatic hydroxyl groups is 1. The molecule has 4 heteroatoms. The van der Waals surface area contributed by atoms with Gasteiger partial charge in [-0.2, -0.15) is 0 Å². The van der Waals surface area contributed by atoms with Crippen molar-refractivity contribution in [3.8, 4) is 5.75 Å². The van der Waals surface area contributed by atoms with Gasteiger partial charge in [-0.3, -0.25) is 4.79 Å². The summed E-state index contributed by atoms with van der Waals surface area (Å²) < 4.78 is 5.11. The van der Waals surface area contributed by atoms with E-state index in [2.05, 4.69) is 0 Å². The maximum Gasteiger partial charge on any atom is 0.254 e. The number of carbonyl (C=O) groups excluding carboxylic acids is 1. The predicted molar refractivity (Wildman–Crippen MR) is 71.2 cm³/mol. The number of rotatable bonds is 2. The summed E-state index contributed by atoms with van der Waals surface area (Å²) in [5.74, 6) is 0.843. The number of carbonyl (C=O) groups is 1. The first kappa shape index (κ1) is 12.5. The Morgan fingerprint density at radius 2 is 1.79 bits per heavy atom. The van der Waals surface area contributed by atoms with Crippen molar-refractivity contribution in [2.75, 3.05) is 7.11 Å². The molecule has 0 aromatic heterocycles. The van der Waals surface area contributed by atoms with Crippen molar-refractivity contribution < 1.29 is 14.6 Å². The van der Waals surface area contributed by atoms with Crippen LogP contribution in [0.15, 0.2) is 24.3 Å². The highest BCUT2D eigenvalue weighted by atomic mass is 16.5. The number of benzene rings is 1. The fourth-order valence-electron chi connectivity index (χ4n) is 3.36. The van der Waals surface area contributed by atoms with Crippen LogP contribution in [0.2, 0.25) is 0 Å². The molecule has 0 spiro atoms. The molecule has 2 atom stereocenters. The van der Waals surface area contributed by atoms with E-state index in [0.29, 0.717) is 5.56 Å². The molecule has 2 aliphatic rings. The van der Waals surface area contributed by atoms with E-state index >= 15 is 0 Å². The van der Waals surface area contributed by atoms with Crippen LogP contribution in [-0.2, 0) is 0 Å². The number of hydrogen-bond acceptors (Lipinski definition) is 3. The summed E-state index contributed by atoms with van der Waals surface area (Å²) in [6.45, 7) is 0. The molecule has 0 radical (unpaired) electrons. The Kier molecular flexibility index (Phi) is 3.19. The zero-order valence-electron chi connectivity index (χ0n) is 11.1. The monoisotopic (exact) mass is 261 g/mol. The summed E-state index contributed by atoms with van der Waals surface area (Å²) in [6.07, 6.45) is 3.24. The van der Waals surface area contributed by atoms with E-state index in [1.54, 1.807) is 7.11 Å². The Morgan fingerprint density at radius 3 is 2.32 bits per heavy atom. The Bertz CT molecular complexity index is 457. The highest BCUT2D eigenvalue weighted by Crippen LogP contribution is 2.36. The SMILES string of the molecule is COc1ccc(C(=O)N2C3CCC2CC(O)C3)cc1. The molecule has 0 aliphatic carbocycles. The van der Waals surface area contributed by atoms with Gasteiger partial charge in [-0.25, -0.2) is 0 Å². The quantitative estimate of drug-likeness (QED) is 0.883. The molecule has 1 amide bonds. The molecule has 2 saturated heterocycles. The standard InChI is InChI=1S/C15H19NO3/c1-19-14-6-2-10(3-7-14)15(18)16-11-4-5-12(16)9-13(17)8-11/h2-3,6-7,11-13,17H,4-5,8-9H2,1H3. The fraction of sp³-hybridized carbons (Fsp3) is 0.533. The minimum Gasteiger partial charge on any atom is -0.497 e. The zero-order chi connectivity index (χ0) is 13.4. The smallest absolute Gasteiger partial charge is 0.254 e. The zero-order valence-corrected chi connectivity index (χ0v) is 11.1. The Morgan fingerprint density at radius 1 is 1.21 bits per heavy atom. The molecule has 4 nitrogen and oxygen atoms in total. The molecule has 2 aliphatic heterocycles. The highest BCUT2D eigenvalue weighted by molar-refractivity contribution is 5.95. The topological polar surface area (TPSA) is 49.8 Å². The van der Waals surface area contributed by atoms with E-state index in [9.17, 15) is 9.90 Å². The van der Waals surface area contributed by atoms with Crippen molar-refractivity contribution in [1.29, 1.82) is 0 Å². The molecule has 1 aromatic rings. The summed E-state index contributed by atoms with van der Waals surface area (Å²) in [5, 5.41) is 9.77. The number of amides is 1. The lowest BCUT2D eigenvalue weighted by Gasteiger charge is -2.37. The normalized spacial score (nSPS) is 29.4. The molecule has 102 valence electrons. The molecule has 1 aromatic carbocycles. The second kappa shape index (κ2) is 4.85. The van der Waals surface area contributed by atoms with Gasteiger partial charge in [0.1, 0.15) is 5.75 Å². The van der Waals surface area contributed by atoms with E-state index in [0.717, 1.165) is 31.4 Å². The van der Waals surface area contributed by atoms with Gasteiger partial charge in [-0.05, 0) is 49.9 Å². The van der Waals surface area contributed by atoms with Gasteiger partial charge in [0.25, 0.3) is 5.91 Å². The van der Waals surface area contributed by atoms with Gasteiger partial charge in [0.05, 0.1) is 13.2 Å². The number of nitrogens with zero attached hydrogens (tertiary/aromatic N) is 1. The minimum absolute atomic E-state index is 0.0852. The van der Waals surface area contributed by atoms with E-state index in [1.807, 2.05) is 29.2 Å². The van der Waals surface area contributed by atoms with Crippen LogP contribution in [0.25, 0.3) is 0 Å². The summed E-state index contributed by atoms with van der Waals surface area (Å²) in [7, 11) is 1.61. The molecule has 2 unspecified atom stereocenters. The van der Waals surface area contributed by atoms with Gasteiger partial charge in [-0.15, -0.1) is 0 Å². The third-order valence-electron chi connectivity index (χ3n) is 4.28. The molecule has 3 rings (SSSR count). The number of ether oxygens (including phenoxy) is 1. The molecule has 2 fully saturated rings. The van der Waals surface area contributed by atoms with Crippen LogP contribution in [0, 0.1) is 0 Å². The maximum absolute atomic E-state index is 12.6. The minimum atomic E-state index is -0.239. The van der Waals surface area contributed by atoms with Crippen LogP contribution in [0.4, 0.5) is 0 Å².